The monoisotopic (exact) mass is 742 g/mol. The number of nitrogens with one attached hydrogen (secondary N) is 2. The molecule has 54 heavy (non-hydrogen) atoms. The minimum atomic E-state index is -1.69. The molecule has 10 N–H and O–H groups in total. The Morgan fingerprint density at radius 2 is 1.85 bits per heavy atom. The van der Waals surface area contributed by atoms with Crippen molar-refractivity contribution in [1.29, 1.82) is 0 Å². The summed E-state index contributed by atoms with van der Waals surface area (Å²) in [6.45, 7) is 11.4. The van der Waals surface area contributed by atoms with E-state index in [1.807, 2.05) is 31.2 Å². The fourth-order valence-electron chi connectivity index (χ4n) is 6.41. The lowest BCUT2D eigenvalue weighted by molar-refractivity contribution is -0.145. The minimum absolute atomic E-state index is 0.0286. The predicted octanol–water partition coefficient (Wildman–Crippen LogP) is 2.66. The second-order valence-electron chi connectivity index (χ2n) is 13.7. The van der Waals surface area contributed by atoms with Crippen molar-refractivity contribution in [3.63, 3.8) is 0 Å². The number of carbonyl (C=O) groups is 4. The molecule has 1 aliphatic heterocycles. The molecule has 3 atom stereocenters. The lowest BCUT2D eigenvalue weighted by Gasteiger charge is -2.33. The molecule has 1 aromatic heterocycles. The maximum atomic E-state index is 14.3. The van der Waals surface area contributed by atoms with Crippen LogP contribution in [0.5, 0.6) is 5.75 Å². The quantitative estimate of drug-likeness (QED) is 0.0486. The molecule has 4 rings (SSSR count). The molecule has 0 bridgehead atoms. The fourth-order valence-corrected chi connectivity index (χ4v) is 6.41. The minimum Gasteiger partial charge on any atom is -0.493 e. The molecule has 0 radical (unpaired) electrons. The molecule has 288 valence electrons. The number of benzene rings is 2. The number of nitrogens with two attached hydrogens (primary N) is 3. The van der Waals surface area contributed by atoms with Crippen LogP contribution in [0.4, 0.5) is 0 Å². The highest BCUT2D eigenvalue weighted by atomic mass is 16.5. The Hall–Kier alpha value is -5.80. The van der Waals surface area contributed by atoms with Crippen LogP contribution in [0.1, 0.15) is 69.3 Å². The number of likely N-dealkylation sites (tertiary alicyclic amines) is 1. The number of aliphatic carboxylic acids is 1. The molecule has 1 saturated heterocycles. The molecule has 15 heteroatoms. The van der Waals surface area contributed by atoms with E-state index in [2.05, 4.69) is 27.2 Å². The Labute approximate surface area is 314 Å². The highest BCUT2D eigenvalue weighted by Gasteiger charge is 2.50. The van der Waals surface area contributed by atoms with Gasteiger partial charge in [-0.25, -0.2) is 4.79 Å². The van der Waals surface area contributed by atoms with E-state index in [1.54, 1.807) is 24.4 Å². The highest BCUT2D eigenvalue weighted by Crippen LogP contribution is 2.40. The first-order chi connectivity index (χ1) is 25.6. The zero-order valence-electron chi connectivity index (χ0n) is 31.1. The fraction of sp³-hybridized carbons (Fsp3) is 0.385. The third-order valence-electron chi connectivity index (χ3n) is 9.15. The topological polar surface area (TPSA) is 249 Å². The number of hydrogen-bond acceptors (Lipinski definition) is 9. The van der Waals surface area contributed by atoms with E-state index < -0.39 is 41.4 Å². The number of carbonyl (C=O) groups excluding carboxylic acids is 3. The number of fused-ring (bicyclic) bond motifs is 1. The van der Waals surface area contributed by atoms with E-state index in [9.17, 15) is 29.4 Å². The standard InChI is InChI=1S/C39H50N8O7/c1-22(2)27-21-44-28-11-7-6-10-25(28)31(27)26-20-24(13-14-30(26)54-19-9-16-40)34(48)45-29(12-8-17-43-38(41)42)36(50)47-18-15-39(5,53)33(47)35(49)46-32(23(3)4)37(51)52/h6-7,10-11,13-14,20-21,29,33,53H,1,8-9,12,15-19,40H2,2-5H3,(H,45,48)(H,46,49)(H,51,52)(H4,41,42,43)/t29-,33?,39?/m0/s1. The normalized spacial score (nSPS) is 17.0. The first kappa shape index (κ1) is 41.0. The molecule has 3 aromatic rings. The molecule has 2 unspecified atom stereocenters. The number of guanidine groups is 1. The number of aliphatic hydroxyl groups is 1. The Bertz CT molecular complexity index is 1980. The average Bonchev–Trinajstić information content (AvgIpc) is 3.45. The number of hydrogen-bond donors (Lipinski definition) is 7. The Morgan fingerprint density at radius 3 is 2.50 bits per heavy atom. The van der Waals surface area contributed by atoms with Crippen molar-refractivity contribution in [3.8, 4) is 16.9 Å². The molecule has 15 nitrogen and oxygen atoms in total. The van der Waals surface area contributed by atoms with Crippen molar-refractivity contribution in [2.75, 3.05) is 26.2 Å². The zero-order valence-corrected chi connectivity index (χ0v) is 31.1. The van der Waals surface area contributed by atoms with E-state index in [0.29, 0.717) is 36.5 Å². The van der Waals surface area contributed by atoms with Crippen LogP contribution >= 0.6 is 0 Å². The number of aromatic nitrogens is 1. The summed E-state index contributed by atoms with van der Waals surface area (Å²) in [6.07, 6.45) is 2.72. The average molecular weight is 743 g/mol. The summed E-state index contributed by atoms with van der Waals surface area (Å²) in [7, 11) is 0. The van der Waals surface area contributed by atoms with Gasteiger partial charge in [-0.2, -0.15) is 0 Å². The van der Waals surface area contributed by atoms with Crippen LogP contribution in [0.25, 0.3) is 27.6 Å². The number of rotatable bonds is 16. The Balaban J connectivity index is 1.75. The number of amides is 3. The third kappa shape index (κ3) is 9.59. The van der Waals surface area contributed by atoms with E-state index in [0.717, 1.165) is 27.6 Å². The summed E-state index contributed by atoms with van der Waals surface area (Å²) in [6, 6.07) is 9.92. The van der Waals surface area contributed by atoms with Crippen molar-refractivity contribution in [2.45, 2.75) is 71.1 Å². The summed E-state index contributed by atoms with van der Waals surface area (Å²) in [5, 5.41) is 26.9. The lowest BCUT2D eigenvalue weighted by Crippen LogP contribution is -2.58. The van der Waals surface area contributed by atoms with Gasteiger partial charge in [0.25, 0.3) is 5.91 Å². The molecule has 1 aliphatic rings. The van der Waals surface area contributed by atoms with Crippen LogP contribution in [0, 0.1) is 0 Å². The first-order valence-electron chi connectivity index (χ1n) is 17.7. The molecular weight excluding hydrogens is 692 g/mol. The van der Waals surface area contributed by atoms with Crippen LogP contribution in [-0.4, -0.2) is 93.7 Å². The molecule has 0 saturated carbocycles. The second-order valence-corrected chi connectivity index (χ2v) is 13.7. The van der Waals surface area contributed by atoms with Crippen molar-refractivity contribution < 1.29 is 34.1 Å². The van der Waals surface area contributed by atoms with Gasteiger partial charge >= 0.3 is 5.97 Å². The van der Waals surface area contributed by atoms with Gasteiger partial charge in [-0.3, -0.25) is 24.4 Å². The van der Waals surface area contributed by atoms with E-state index in [4.69, 9.17) is 21.9 Å². The van der Waals surface area contributed by atoms with Crippen molar-refractivity contribution >= 4 is 46.1 Å². The maximum Gasteiger partial charge on any atom is 0.352 e. The SMILES string of the molecule is C=C(C)c1cnc2ccccc2c1-c1cc(C(=O)N[C@@H](CCCN=C(N)N)C(=O)N2CCC(C)(O)C2C(=O)NC(C(=O)O)=C(C)C)ccc1OCCCN. The van der Waals surface area contributed by atoms with Gasteiger partial charge in [-0.15, -0.1) is 0 Å². The van der Waals surface area contributed by atoms with Gasteiger partial charge in [0.2, 0.25) is 11.8 Å². The van der Waals surface area contributed by atoms with E-state index >= 15 is 0 Å². The van der Waals surface area contributed by atoms with E-state index in [1.165, 1.54) is 25.7 Å². The molecule has 2 heterocycles. The van der Waals surface area contributed by atoms with Gasteiger partial charge in [0.1, 0.15) is 23.5 Å². The lowest BCUT2D eigenvalue weighted by atomic mass is 9.91. The largest absolute Gasteiger partial charge is 0.493 e. The smallest absolute Gasteiger partial charge is 0.352 e. The van der Waals surface area contributed by atoms with Crippen LogP contribution in [0.2, 0.25) is 0 Å². The second kappa shape index (κ2) is 17.8. The van der Waals surface area contributed by atoms with Crippen molar-refractivity contribution in [3.05, 3.63) is 77.6 Å². The number of carboxylic acid groups (broad SMARTS) is 1. The number of aliphatic imine (C=N–C) groups is 1. The highest BCUT2D eigenvalue weighted by molar-refractivity contribution is 6.04. The van der Waals surface area contributed by atoms with Gasteiger partial charge in [-0.05, 0) is 95.3 Å². The summed E-state index contributed by atoms with van der Waals surface area (Å²) in [5.74, 6) is -3.11. The number of allylic oxidation sites excluding steroid dienone is 2. The summed E-state index contributed by atoms with van der Waals surface area (Å²) in [5.41, 5.74) is 18.8. The van der Waals surface area contributed by atoms with Gasteiger partial charge in [0, 0.05) is 46.9 Å². The summed E-state index contributed by atoms with van der Waals surface area (Å²) >= 11 is 0. The number of ether oxygens (including phenoxy) is 1. The molecule has 3 amide bonds. The van der Waals surface area contributed by atoms with Crippen molar-refractivity contribution in [2.24, 2.45) is 22.2 Å². The number of carboxylic acids is 1. The van der Waals surface area contributed by atoms with Crippen molar-refractivity contribution in [1.82, 2.24) is 20.5 Å². The molecule has 2 aromatic carbocycles. The predicted molar refractivity (Wildman–Crippen MR) is 207 cm³/mol. The number of pyridine rings is 1. The summed E-state index contributed by atoms with van der Waals surface area (Å²) < 4.78 is 6.18. The van der Waals surface area contributed by atoms with Gasteiger partial charge in [0.15, 0.2) is 5.96 Å². The maximum absolute atomic E-state index is 14.3. The first-order valence-corrected chi connectivity index (χ1v) is 17.7. The van der Waals surface area contributed by atoms with Gasteiger partial charge in [0.05, 0.1) is 17.7 Å². The van der Waals surface area contributed by atoms with Crippen LogP contribution < -0.4 is 32.6 Å². The van der Waals surface area contributed by atoms with Crippen LogP contribution in [-0.2, 0) is 14.4 Å². The molecular formula is C39H50N8O7. The number of nitrogens with zero attached hydrogens (tertiary/aromatic N) is 3. The Kier molecular flexibility index (Phi) is 13.5. The Morgan fingerprint density at radius 1 is 1.13 bits per heavy atom. The van der Waals surface area contributed by atoms with E-state index in [-0.39, 0.29) is 49.6 Å². The molecule has 1 fully saturated rings. The number of para-hydroxylation sites is 1. The summed E-state index contributed by atoms with van der Waals surface area (Å²) in [4.78, 5) is 63.6. The molecule has 0 aliphatic carbocycles. The molecule has 0 spiro atoms. The zero-order chi connectivity index (χ0) is 39.7. The third-order valence-corrected chi connectivity index (χ3v) is 9.15. The van der Waals surface area contributed by atoms with Gasteiger partial charge < -0.3 is 47.7 Å². The van der Waals surface area contributed by atoms with Crippen LogP contribution in [0.15, 0.2) is 71.5 Å². The van der Waals surface area contributed by atoms with Crippen LogP contribution in [0.3, 0.4) is 0 Å². The van der Waals surface area contributed by atoms with Gasteiger partial charge in [-0.1, -0.05) is 24.8 Å².